The van der Waals surface area contributed by atoms with Crippen molar-refractivity contribution in [2.24, 2.45) is 0 Å². The molecule has 0 unspecified atom stereocenters. The molecule has 1 saturated heterocycles. The molecule has 8 heteroatoms. The van der Waals surface area contributed by atoms with Crippen molar-refractivity contribution in [3.63, 3.8) is 0 Å². The van der Waals surface area contributed by atoms with E-state index in [1.54, 1.807) is 30.6 Å². The van der Waals surface area contributed by atoms with E-state index >= 15 is 0 Å². The highest BCUT2D eigenvalue weighted by Gasteiger charge is 2.30. The first kappa shape index (κ1) is 18.3. The van der Waals surface area contributed by atoms with E-state index in [0.717, 1.165) is 18.4 Å². The van der Waals surface area contributed by atoms with E-state index in [2.05, 4.69) is 10.3 Å². The average Bonchev–Trinajstić information content (AvgIpc) is 3.22. The minimum atomic E-state index is -3.68. The van der Waals surface area contributed by atoms with Gasteiger partial charge in [-0.3, -0.25) is 9.78 Å². The largest absolute Gasteiger partial charge is 0.495 e. The Bertz CT molecular complexity index is 879. The van der Waals surface area contributed by atoms with Crippen LogP contribution in [0.3, 0.4) is 0 Å². The first-order chi connectivity index (χ1) is 12.5. The van der Waals surface area contributed by atoms with Gasteiger partial charge in [0.2, 0.25) is 10.0 Å². The Morgan fingerprint density at radius 1 is 1.19 bits per heavy atom. The van der Waals surface area contributed by atoms with E-state index in [9.17, 15) is 13.2 Å². The molecule has 0 bridgehead atoms. The van der Waals surface area contributed by atoms with Crippen LogP contribution in [0.4, 0.5) is 0 Å². The van der Waals surface area contributed by atoms with Gasteiger partial charge in [0, 0.05) is 37.6 Å². The minimum Gasteiger partial charge on any atom is -0.495 e. The van der Waals surface area contributed by atoms with E-state index in [1.807, 2.05) is 0 Å². The van der Waals surface area contributed by atoms with Crippen molar-refractivity contribution in [1.29, 1.82) is 0 Å². The van der Waals surface area contributed by atoms with Crippen LogP contribution in [0.2, 0.25) is 0 Å². The van der Waals surface area contributed by atoms with Crippen molar-refractivity contribution in [1.82, 2.24) is 14.6 Å². The summed E-state index contributed by atoms with van der Waals surface area (Å²) in [7, 11) is -2.27. The number of methoxy groups -OCH3 is 1. The van der Waals surface area contributed by atoms with Gasteiger partial charge in [0.1, 0.15) is 10.6 Å². The van der Waals surface area contributed by atoms with Gasteiger partial charge in [-0.15, -0.1) is 0 Å². The summed E-state index contributed by atoms with van der Waals surface area (Å²) in [6, 6.07) is 8.07. The zero-order valence-corrected chi connectivity index (χ0v) is 15.3. The molecule has 0 radical (unpaired) electrons. The second kappa shape index (κ2) is 7.84. The number of hydrogen-bond acceptors (Lipinski definition) is 5. The molecule has 0 aliphatic carbocycles. The molecule has 0 atom stereocenters. The zero-order chi connectivity index (χ0) is 18.6. The minimum absolute atomic E-state index is 0.0264. The van der Waals surface area contributed by atoms with Crippen molar-refractivity contribution < 1.29 is 17.9 Å². The highest BCUT2D eigenvalue weighted by molar-refractivity contribution is 7.89. The predicted molar refractivity (Wildman–Crippen MR) is 96.4 cm³/mol. The van der Waals surface area contributed by atoms with Crippen LogP contribution in [-0.2, 0) is 16.6 Å². The lowest BCUT2D eigenvalue weighted by molar-refractivity contribution is 0.0950. The van der Waals surface area contributed by atoms with Gasteiger partial charge >= 0.3 is 0 Å². The molecule has 1 aliphatic rings. The van der Waals surface area contributed by atoms with Crippen molar-refractivity contribution in [2.75, 3.05) is 20.2 Å². The number of carbonyl (C=O) groups excluding carboxylic acids is 1. The zero-order valence-electron chi connectivity index (χ0n) is 14.5. The fraction of sp³-hybridized carbons (Fsp3) is 0.333. The maximum atomic E-state index is 12.9. The van der Waals surface area contributed by atoms with Crippen molar-refractivity contribution >= 4 is 15.9 Å². The number of sulfonamides is 1. The number of ether oxygens (including phenoxy) is 1. The number of carbonyl (C=O) groups is 1. The lowest BCUT2D eigenvalue weighted by Gasteiger charge is -2.18. The average molecular weight is 375 g/mol. The molecule has 1 aromatic carbocycles. The van der Waals surface area contributed by atoms with E-state index in [-0.39, 0.29) is 22.1 Å². The second-order valence-electron chi connectivity index (χ2n) is 6.01. The molecule has 26 heavy (non-hydrogen) atoms. The molecule has 2 heterocycles. The van der Waals surface area contributed by atoms with Crippen LogP contribution < -0.4 is 10.1 Å². The Hall–Kier alpha value is -2.45. The number of aromatic nitrogens is 1. The third-order valence-electron chi connectivity index (χ3n) is 4.31. The highest BCUT2D eigenvalue weighted by Crippen LogP contribution is 2.29. The monoisotopic (exact) mass is 375 g/mol. The normalized spacial score (nSPS) is 15.0. The number of hydrogen-bond donors (Lipinski definition) is 1. The summed E-state index contributed by atoms with van der Waals surface area (Å²) >= 11 is 0. The Kier molecular flexibility index (Phi) is 5.53. The summed E-state index contributed by atoms with van der Waals surface area (Å²) in [5, 5.41) is 2.78. The lowest BCUT2D eigenvalue weighted by atomic mass is 10.2. The van der Waals surface area contributed by atoms with Gasteiger partial charge in [0.25, 0.3) is 5.91 Å². The Morgan fingerprint density at radius 2 is 1.88 bits per heavy atom. The number of nitrogens with zero attached hydrogens (tertiary/aromatic N) is 2. The molecule has 1 aromatic heterocycles. The van der Waals surface area contributed by atoms with Gasteiger partial charge < -0.3 is 10.1 Å². The molecule has 1 fully saturated rings. The van der Waals surface area contributed by atoms with E-state index in [1.165, 1.54) is 23.5 Å². The summed E-state index contributed by atoms with van der Waals surface area (Å²) < 4.78 is 32.4. The van der Waals surface area contributed by atoms with Gasteiger partial charge in [-0.25, -0.2) is 8.42 Å². The van der Waals surface area contributed by atoms with Crippen LogP contribution in [0.25, 0.3) is 0 Å². The van der Waals surface area contributed by atoms with Gasteiger partial charge in [-0.05, 0) is 48.7 Å². The van der Waals surface area contributed by atoms with Crippen LogP contribution in [0.5, 0.6) is 5.75 Å². The predicted octanol–water partition coefficient (Wildman–Crippen LogP) is 1.80. The Labute approximate surface area is 153 Å². The van der Waals surface area contributed by atoms with Crippen LogP contribution in [0, 0.1) is 0 Å². The van der Waals surface area contributed by atoms with Gasteiger partial charge in [-0.2, -0.15) is 4.31 Å². The smallest absolute Gasteiger partial charge is 0.251 e. The Balaban J connectivity index is 1.83. The molecule has 7 nitrogen and oxygen atoms in total. The van der Waals surface area contributed by atoms with E-state index in [0.29, 0.717) is 19.6 Å². The number of benzene rings is 1. The molecule has 1 aliphatic heterocycles. The van der Waals surface area contributed by atoms with Gasteiger partial charge in [-0.1, -0.05) is 0 Å². The van der Waals surface area contributed by atoms with Gasteiger partial charge in [0.05, 0.1) is 7.11 Å². The molecular weight excluding hydrogens is 354 g/mol. The highest BCUT2D eigenvalue weighted by atomic mass is 32.2. The molecule has 0 saturated carbocycles. The molecular formula is C18H21N3O4S. The first-order valence-corrected chi connectivity index (χ1v) is 9.81. The third-order valence-corrected chi connectivity index (χ3v) is 6.23. The van der Waals surface area contributed by atoms with Crippen molar-refractivity contribution in [3.05, 3.63) is 53.9 Å². The molecule has 3 rings (SSSR count). The molecule has 2 aromatic rings. The van der Waals surface area contributed by atoms with Crippen LogP contribution in [0.15, 0.2) is 47.6 Å². The maximum absolute atomic E-state index is 12.9. The standard InChI is InChI=1S/C18H21N3O4S/c1-25-16-5-4-15(18(22)20-13-14-6-8-19-9-7-14)12-17(16)26(23,24)21-10-2-3-11-21/h4-9,12H,2-3,10-11,13H2,1H3,(H,20,22). The molecule has 1 N–H and O–H groups in total. The lowest BCUT2D eigenvalue weighted by Crippen LogP contribution is -2.29. The molecule has 138 valence electrons. The van der Waals surface area contributed by atoms with Crippen LogP contribution >= 0.6 is 0 Å². The molecule has 0 spiro atoms. The van der Waals surface area contributed by atoms with Crippen molar-refractivity contribution in [2.45, 2.75) is 24.3 Å². The second-order valence-corrected chi connectivity index (χ2v) is 7.92. The van der Waals surface area contributed by atoms with Crippen molar-refractivity contribution in [3.8, 4) is 5.75 Å². The maximum Gasteiger partial charge on any atom is 0.251 e. The van der Waals surface area contributed by atoms with E-state index in [4.69, 9.17) is 4.74 Å². The summed E-state index contributed by atoms with van der Waals surface area (Å²) in [5.74, 6) is -0.107. The number of nitrogens with one attached hydrogen (secondary N) is 1. The fourth-order valence-corrected chi connectivity index (χ4v) is 4.57. The van der Waals surface area contributed by atoms with E-state index < -0.39 is 10.0 Å². The number of pyridine rings is 1. The fourth-order valence-electron chi connectivity index (χ4n) is 2.87. The Morgan fingerprint density at radius 3 is 2.54 bits per heavy atom. The van der Waals surface area contributed by atoms with Crippen LogP contribution in [-0.4, -0.2) is 43.8 Å². The van der Waals surface area contributed by atoms with Gasteiger partial charge in [0.15, 0.2) is 0 Å². The summed E-state index contributed by atoms with van der Waals surface area (Å²) in [6.45, 7) is 1.31. The summed E-state index contributed by atoms with van der Waals surface area (Å²) in [6.07, 6.45) is 4.98. The third kappa shape index (κ3) is 3.86. The summed E-state index contributed by atoms with van der Waals surface area (Å²) in [4.78, 5) is 16.4. The number of rotatable bonds is 6. The number of amides is 1. The van der Waals surface area contributed by atoms with Crippen LogP contribution in [0.1, 0.15) is 28.8 Å². The molecule has 1 amide bonds. The summed E-state index contributed by atoms with van der Waals surface area (Å²) in [5.41, 5.74) is 1.18. The topological polar surface area (TPSA) is 88.6 Å². The SMILES string of the molecule is COc1ccc(C(=O)NCc2ccncc2)cc1S(=O)(=O)N1CCCC1. The quantitative estimate of drug-likeness (QED) is 0.832. The first-order valence-electron chi connectivity index (χ1n) is 8.37.